The lowest BCUT2D eigenvalue weighted by Crippen LogP contribution is -2.45. The first kappa shape index (κ1) is 15.3. The molecule has 1 atom stereocenters. The first-order chi connectivity index (χ1) is 10.2. The summed E-state index contributed by atoms with van der Waals surface area (Å²) in [6.45, 7) is 6.45. The third-order valence-electron chi connectivity index (χ3n) is 4.24. The molecule has 2 aromatic rings. The normalized spacial score (nSPS) is 20.6. The highest BCUT2D eigenvalue weighted by atomic mass is 19.3. The summed E-state index contributed by atoms with van der Waals surface area (Å²) < 4.78 is 27.1. The van der Waals surface area contributed by atoms with Gasteiger partial charge in [-0.3, -0.25) is 4.90 Å². The molecule has 1 aliphatic rings. The summed E-state index contributed by atoms with van der Waals surface area (Å²) in [4.78, 5) is 17.7. The number of hydrogen-bond acceptors (Lipinski definition) is 4. The van der Waals surface area contributed by atoms with E-state index in [1.165, 1.54) is 0 Å². The predicted molar refractivity (Wildman–Crippen MR) is 79.8 cm³/mol. The lowest BCUT2D eigenvalue weighted by atomic mass is 9.83. The van der Waals surface area contributed by atoms with Gasteiger partial charge in [0.05, 0.1) is 19.1 Å². The van der Waals surface area contributed by atoms with Gasteiger partial charge in [-0.15, -0.1) is 0 Å². The fraction of sp³-hybridized carbons (Fsp3) is 0.667. The van der Waals surface area contributed by atoms with E-state index in [1.807, 2.05) is 4.90 Å². The maximum Gasteiger partial charge on any atom is 0.261 e. The van der Waals surface area contributed by atoms with Crippen LogP contribution in [0.15, 0.2) is 12.5 Å². The minimum absolute atomic E-state index is 0.0303. The number of likely N-dealkylation sites (tertiary alicyclic amines) is 1. The number of rotatable bonds is 3. The quantitative estimate of drug-likeness (QED) is 0.947. The Morgan fingerprint density at radius 3 is 2.77 bits per heavy atom. The number of nitrogens with one attached hydrogen (secondary N) is 1. The van der Waals surface area contributed by atoms with Gasteiger partial charge >= 0.3 is 0 Å². The second kappa shape index (κ2) is 5.22. The van der Waals surface area contributed by atoms with Crippen LogP contribution in [0.2, 0.25) is 0 Å². The second-order valence-electron chi connectivity index (χ2n) is 7.09. The van der Waals surface area contributed by atoms with E-state index in [4.69, 9.17) is 0 Å². The molecule has 2 aromatic heterocycles. The molecule has 1 N–H and O–H groups in total. The summed E-state index contributed by atoms with van der Waals surface area (Å²) in [5.74, 6) is -1.94. The zero-order valence-electron chi connectivity index (χ0n) is 13.1. The SMILES string of the molecule is CC(C)(C)C(Cc1ncc2[nH]cnc2n1)N1CCC(F)(F)C1. The molecule has 0 aliphatic carbocycles. The molecule has 5 nitrogen and oxygen atoms in total. The summed E-state index contributed by atoms with van der Waals surface area (Å²) in [5.41, 5.74) is 1.26. The monoisotopic (exact) mass is 309 g/mol. The molecule has 7 heteroatoms. The Hall–Kier alpha value is -1.63. The molecule has 120 valence electrons. The molecule has 1 saturated heterocycles. The van der Waals surface area contributed by atoms with E-state index in [1.54, 1.807) is 12.5 Å². The summed E-state index contributed by atoms with van der Waals surface area (Å²) >= 11 is 0. The lowest BCUT2D eigenvalue weighted by molar-refractivity contribution is -0.000596. The van der Waals surface area contributed by atoms with E-state index in [9.17, 15) is 8.78 Å². The van der Waals surface area contributed by atoms with Crippen molar-refractivity contribution in [3.63, 3.8) is 0 Å². The van der Waals surface area contributed by atoms with Gasteiger partial charge in [0.2, 0.25) is 0 Å². The van der Waals surface area contributed by atoms with Crippen LogP contribution in [-0.4, -0.2) is 49.9 Å². The fourth-order valence-corrected chi connectivity index (χ4v) is 3.05. The van der Waals surface area contributed by atoms with Crippen molar-refractivity contribution < 1.29 is 8.78 Å². The van der Waals surface area contributed by atoms with Crippen LogP contribution in [-0.2, 0) is 6.42 Å². The molecule has 0 aromatic carbocycles. The van der Waals surface area contributed by atoms with Crippen molar-refractivity contribution in [2.24, 2.45) is 5.41 Å². The minimum Gasteiger partial charge on any atom is -0.342 e. The number of H-pyrrole nitrogens is 1. The van der Waals surface area contributed by atoms with Crippen LogP contribution >= 0.6 is 0 Å². The molecule has 1 unspecified atom stereocenters. The predicted octanol–water partition coefficient (Wildman–Crippen LogP) is 2.65. The molecule has 1 aliphatic heterocycles. The van der Waals surface area contributed by atoms with E-state index in [0.717, 1.165) is 5.52 Å². The van der Waals surface area contributed by atoms with Gasteiger partial charge in [0, 0.05) is 25.4 Å². The number of hydrogen-bond donors (Lipinski definition) is 1. The van der Waals surface area contributed by atoms with Crippen LogP contribution in [0.1, 0.15) is 33.0 Å². The summed E-state index contributed by atoms with van der Waals surface area (Å²) in [7, 11) is 0. The molecule has 1 fully saturated rings. The van der Waals surface area contributed by atoms with Gasteiger partial charge in [-0.2, -0.15) is 0 Å². The first-order valence-electron chi connectivity index (χ1n) is 7.51. The third kappa shape index (κ3) is 3.09. The molecule has 3 rings (SSSR count). The number of halogens is 2. The molecule has 22 heavy (non-hydrogen) atoms. The summed E-state index contributed by atoms with van der Waals surface area (Å²) in [6.07, 6.45) is 3.75. The highest BCUT2D eigenvalue weighted by Gasteiger charge is 2.43. The second-order valence-corrected chi connectivity index (χ2v) is 7.09. The zero-order valence-corrected chi connectivity index (χ0v) is 13.1. The summed E-state index contributed by atoms with van der Waals surface area (Å²) in [6, 6.07) is -0.0303. The largest absolute Gasteiger partial charge is 0.342 e. The van der Waals surface area contributed by atoms with Crippen LogP contribution < -0.4 is 0 Å². The number of aromatic amines is 1. The Labute approximate surface area is 128 Å². The first-order valence-corrected chi connectivity index (χ1v) is 7.51. The standard InChI is InChI=1S/C15H21F2N5/c1-14(2,3)11(22-5-4-15(16,17)8-22)6-12-18-7-10-13(21-12)20-9-19-10/h7,9,11H,4-6,8H2,1-3H3,(H,18,19,20,21). The highest BCUT2D eigenvalue weighted by molar-refractivity contribution is 5.68. The number of fused-ring (bicyclic) bond motifs is 1. The Balaban J connectivity index is 1.84. The Morgan fingerprint density at radius 2 is 2.14 bits per heavy atom. The topological polar surface area (TPSA) is 57.7 Å². The smallest absolute Gasteiger partial charge is 0.261 e. The molecule has 0 saturated carbocycles. The Morgan fingerprint density at radius 1 is 1.36 bits per heavy atom. The van der Waals surface area contributed by atoms with Crippen molar-refractivity contribution in [3.05, 3.63) is 18.3 Å². The van der Waals surface area contributed by atoms with E-state index in [-0.39, 0.29) is 24.4 Å². The van der Waals surface area contributed by atoms with Crippen molar-refractivity contribution >= 4 is 11.2 Å². The van der Waals surface area contributed by atoms with Crippen molar-refractivity contribution in [1.29, 1.82) is 0 Å². The number of nitrogens with zero attached hydrogens (tertiary/aromatic N) is 4. The van der Waals surface area contributed by atoms with E-state index in [2.05, 4.69) is 40.7 Å². The highest BCUT2D eigenvalue weighted by Crippen LogP contribution is 2.34. The molecule has 0 amide bonds. The average molecular weight is 309 g/mol. The Bertz CT molecular complexity index is 661. The lowest BCUT2D eigenvalue weighted by Gasteiger charge is -2.37. The maximum atomic E-state index is 13.6. The van der Waals surface area contributed by atoms with Gasteiger partial charge in [-0.25, -0.2) is 23.7 Å². The third-order valence-corrected chi connectivity index (χ3v) is 4.24. The molecule has 3 heterocycles. The van der Waals surface area contributed by atoms with Crippen molar-refractivity contribution in [2.75, 3.05) is 13.1 Å². The van der Waals surface area contributed by atoms with E-state index >= 15 is 0 Å². The molecule has 0 bridgehead atoms. The van der Waals surface area contributed by atoms with Crippen molar-refractivity contribution in [1.82, 2.24) is 24.8 Å². The molecule has 0 spiro atoms. The molecule has 0 radical (unpaired) electrons. The van der Waals surface area contributed by atoms with Gasteiger partial charge in [-0.1, -0.05) is 20.8 Å². The van der Waals surface area contributed by atoms with Gasteiger partial charge in [0.1, 0.15) is 11.3 Å². The minimum atomic E-state index is -2.59. The zero-order chi connectivity index (χ0) is 16.0. The van der Waals surface area contributed by atoms with Crippen LogP contribution in [0, 0.1) is 5.41 Å². The van der Waals surface area contributed by atoms with Crippen LogP contribution in [0.4, 0.5) is 8.78 Å². The Kier molecular flexibility index (Phi) is 3.63. The van der Waals surface area contributed by atoms with E-state index < -0.39 is 5.92 Å². The number of alkyl halides is 2. The van der Waals surface area contributed by atoms with Gasteiger partial charge in [0.15, 0.2) is 5.65 Å². The van der Waals surface area contributed by atoms with Crippen LogP contribution in [0.3, 0.4) is 0 Å². The van der Waals surface area contributed by atoms with Crippen LogP contribution in [0.25, 0.3) is 11.2 Å². The van der Waals surface area contributed by atoms with Gasteiger partial charge < -0.3 is 4.98 Å². The van der Waals surface area contributed by atoms with Crippen molar-refractivity contribution in [2.45, 2.75) is 45.6 Å². The number of aromatic nitrogens is 4. The number of imidazole rings is 1. The van der Waals surface area contributed by atoms with Gasteiger partial charge in [-0.05, 0) is 5.41 Å². The molecular weight excluding hydrogens is 288 g/mol. The average Bonchev–Trinajstić information content (AvgIpc) is 3.00. The molecular formula is C15H21F2N5. The fourth-order valence-electron chi connectivity index (χ4n) is 3.05. The van der Waals surface area contributed by atoms with Gasteiger partial charge in [0.25, 0.3) is 5.92 Å². The maximum absolute atomic E-state index is 13.6. The van der Waals surface area contributed by atoms with Crippen LogP contribution in [0.5, 0.6) is 0 Å². The van der Waals surface area contributed by atoms with Crippen molar-refractivity contribution in [3.8, 4) is 0 Å². The van der Waals surface area contributed by atoms with E-state index in [0.29, 0.717) is 24.4 Å². The summed E-state index contributed by atoms with van der Waals surface area (Å²) in [5, 5.41) is 0.